The van der Waals surface area contributed by atoms with Crippen molar-refractivity contribution in [2.75, 3.05) is 0 Å². The fourth-order valence-electron chi connectivity index (χ4n) is 1.000. The quantitative estimate of drug-likeness (QED) is 0.383. The number of hydrogen-bond acceptors (Lipinski definition) is 0. The van der Waals surface area contributed by atoms with E-state index in [2.05, 4.69) is 55.4 Å². The molecule has 0 saturated carbocycles. The van der Waals surface area contributed by atoms with Crippen LogP contribution in [0.15, 0.2) is 0 Å². The Kier molecular flexibility index (Phi) is 154. The third kappa shape index (κ3) is 127. The maximum atomic E-state index is 2.27. The van der Waals surface area contributed by atoms with Gasteiger partial charge in [0, 0.05) is 0 Å². The van der Waals surface area contributed by atoms with Crippen LogP contribution in [0.2, 0.25) is 42.0 Å². The predicted octanol–water partition coefficient (Wildman–Crippen LogP) is 2.97. The van der Waals surface area contributed by atoms with Gasteiger partial charge in [-0.15, -0.1) is 0 Å². The van der Waals surface area contributed by atoms with Crippen molar-refractivity contribution in [3.05, 3.63) is 0 Å². The molecule has 0 atom stereocenters. The van der Waals surface area contributed by atoms with Gasteiger partial charge in [-0.25, -0.2) is 0 Å². The van der Waals surface area contributed by atoms with E-state index in [1.807, 2.05) is 0 Å². The molecular weight excluding hydrogens is 547 g/mol. The Morgan fingerprint density at radius 3 is 0.375 bits per heavy atom. The van der Waals surface area contributed by atoms with Gasteiger partial charge >= 0.3 is 159 Å². The van der Waals surface area contributed by atoms with Gasteiger partial charge in [0.05, 0.1) is 0 Å². The maximum Gasteiger partial charge on any atom is -0.412 e. The molecule has 0 aliphatic heterocycles. The summed E-state index contributed by atoms with van der Waals surface area (Å²) >= 11 is 2.11. The van der Waals surface area contributed by atoms with Gasteiger partial charge in [-0.1, -0.05) is 0 Å². The monoisotopic (exact) mass is 600 g/mol. The van der Waals surface area contributed by atoms with E-state index in [9.17, 15) is 0 Å². The molecule has 4 nitrogen and oxygen atoms in total. The average Bonchev–Trinajstić information content (AvgIpc) is 2.44. The van der Waals surface area contributed by atoms with E-state index in [1.165, 1.54) is 42.0 Å². The van der Waals surface area contributed by atoms with Gasteiger partial charge in [-0.2, -0.15) is 0 Å². The zero-order valence-corrected chi connectivity index (χ0v) is 26.0. The van der Waals surface area contributed by atoms with Crippen molar-refractivity contribution in [3.8, 4) is 0 Å². The molecule has 0 unspecified atom stereocenters. The second-order valence-electron chi connectivity index (χ2n) is 3.83. The Morgan fingerprint density at radius 2 is 0.375 bits per heavy atom. The van der Waals surface area contributed by atoms with Crippen molar-refractivity contribution in [2.24, 2.45) is 0 Å². The third-order valence-corrected chi connectivity index (χ3v) is 10.4. The van der Waals surface area contributed by atoms with Crippen LogP contribution in [-0.4, -0.2) is 83.6 Å². The second-order valence-corrected chi connectivity index (χ2v) is 19.9. The topological polar surface area (TPSA) is 126 Å². The van der Waals surface area contributed by atoms with Crippen LogP contribution in [0.4, 0.5) is 0 Å². The van der Waals surface area contributed by atoms with Gasteiger partial charge in [0.1, 0.15) is 0 Å². The molecule has 24 heavy (non-hydrogen) atoms. The smallest absolute Gasteiger partial charge is 0.412 e. The minimum atomic E-state index is 0. The fourth-order valence-corrected chi connectivity index (χ4v) is 5.20. The number of rotatable bonds is 8. The Balaban J connectivity index is -0.0000000225. The fraction of sp³-hybridized carbons (Fsp3) is 1.00. The van der Waals surface area contributed by atoms with Gasteiger partial charge < -0.3 is 21.9 Å². The molecule has 0 saturated heterocycles. The van der Waals surface area contributed by atoms with E-state index in [1.54, 1.807) is 0 Å². The molecule has 0 amide bonds. The molecule has 0 spiro atoms. The predicted molar refractivity (Wildman–Crippen MR) is 121 cm³/mol. The van der Waals surface area contributed by atoms with Gasteiger partial charge in [0.15, 0.2) is 0 Å². The minimum Gasteiger partial charge on any atom is -0.412 e. The summed E-state index contributed by atoms with van der Waals surface area (Å²) in [6.07, 6.45) is 0. The molecule has 8 N–H and O–H groups in total. The first-order chi connectivity index (χ1) is 9.66. The molecule has 0 aliphatic rings. The normalized spacial score (nSPS) is 7.00. The van der Waals surface area contributed by atoms with E-state index >= 15 is 0 Å². The van der Waals surface area contributed by atoms with Crippen LogP contribution < -0.4 is 0 Å². The first-order valence-corrected chi connectivity index (χ1v) is 20.4. The molecule has 0 bridgehead atoms. The van der Waals surface area contributed by atoms with Crippen LogP contribution in [0.25, 0.3) is 0 Å². The van der Waals surface area contributed by atoms with Crippen molar-refractivity contribution in [2.45, 2.75) is 97.4 Å². The van der Waals surface area contributed by atoms with Crippen LogP contribution in [0.5, 0.6) is 0 Å². The Hall–Kier alpha value is 2.01. The summed E-state index contributed by atoms with van der Waals surface area (Å²) in [4.78, 5) is 0. The van der Waals surface area contributed by atoms with E-state index in [-0.39, 0.29) is 21.9 Å². The Morgan fingerprint density at radius 1 is 0.292 bits per heavy atom. The Bertz CT molecular complexity index is 84.1. The number of hydrogen-bond donors (Lipinski definition) is 0. The zero-order valence-electron chi connectivity index (χ0n) is 17.7. The molecule has 0 fully saturated rings. The van der Waals surface area contributed by atoms with Crippen molar-refractivity contribution in [3.63, 3.8) is 0 Å². The SMILES string of the molecule is C[CH2][Ge][CH2]C.C[CH2][Ge][CH2]C.C[CH2][Ge][CH2]C.C[CH2][Ge][CH2]C.O.O.O.O. The maximum absolute atomic E-state index is 2.27. The average molecular weight is 595 g/mol. The summed E-state index contributed by atoms with van der Waals surface area (Å²) in [5.74, 6) is 0. The Labute approximate surface area is 180 Å². The molecule has 0 aliphatic carbocycles. The van der Waals surface area contributed by atoms with Crippen molar-refractivity contribution in [1.82, 2.24) is 0 Å². The van der Waals surface area contributed by atoms with Crippen molar-refractivity contribution < 1.29 is 21.9 Å². The zero-order chi connectivity index (χ0) is 16.5. The first-order valence-electron chi connectivity index (χ1n) is 8.49. The molecule has 152 valence electrons. The summed E-state index contributed by atoms with van der Waals surface area (Å²) in [5, 5.41) is 11.8. The van der Waals surface area contributed by atoms with Crippen LogP contribution >= 0.6 is 0 Å². The van der Waals surface area contributed by atoms with Gasteiger partial charge in [0.25, 0.3) is 0 Å². The molecule has 0 aromatic carbocycles. The first kappa shape index (κ1) is 50.2. The summed E-state index contributed by atoms with van der Waals surface area (Å²) in [5.41, 5.74) is 0. The molecular formula is C16H48Ge4O4. The standard InChI is InChI=1S/4C4H10Ge.4H2O/c4*1-3-5-4-2;;;;/h4*3-4H2,1-2H3;4*1H2. The summed E-state index contributed by atoms with van der Waals surface area (Å²) in [7, 11) is 0. The van der Waals surface area contributed by atoms with Gasteiger partial charge in [-0.3, -0.25) is 0 Å². The molecule has 8 heteroatoms. The largest absolute Gasteiger partial charge is 0.412 e. The van der Waals surface area contributed by atoms with Crippen LogP contribution in [0, 0.1) is 0 Å². The van der Waals surface area contributed by atoms with Crippen molar-refractivity contribution in [1.29, 1.82) is 0 Å². The summed E-state index contributed by atoms with van der Waals surface area (Å²) < 4.78 is 0. The van der Waals surface area contributed by atoms with Crippen LogP contribution in [-0.2, 0) is 0 Å². The minimum absolute atomic E-state index is 0. The van der Waals surface area contributed by atoms with Crippen LogP contribution in [0.3, 0.4) is 0 Å². The van der Waals surface area contributed by atoms with Gasteiger partial charge in [0.2, 0.25) is 0 Å². The third-order valence-electron chi connectivity index (χ3n) is 2.00. The van der Waals surface area contributed by atoms with Crippen LogP contribution in [0.1, 0.15) is 55.4 Å². The van der Waals surface area contributed by atoms with E-state index in [0.717, 1.165) is 0 Å². The van der Waals surface area contributed by atoms with Gasteiger partial charge in [-0.05, 0) is 0 Å². The van der Waals surface area contributed by atoms with E-state index < -0.39 is 0 Å². The van der Waals surface area contributed by atoms with E-state index in [4.69, 9.17) is 0 Å². The van der Waals surface area contributed by atoms with Crippen molar-refractivity contribution >= 4 is 61.7 Å². The molecule has 0 rings (SSSR count). The molecule has 0 aromatic rings. The molecule has 8 radical (unpaired) electrons. The molecule has 0 aromatic heterocycles. The summed E-state index contributed by atoms with van der Waals surface area (Å²) in [6.45, 7) is 18.1. The molecule has 0 heterocycles. The summed E-state index contributed by atoms with van der Waals surface area (Å²) in [6, 6.07) is 0. The van der Waals surface area contributed by atoms with E-state index in [0.29, 0.717) is 61.7 Å². The second kappa shape index (κ2) is 73.5.